The van der Waals surface area contributed by atoms with Crippen molar-refractivity contribution in [3.63, 3.8) is 0 Å². The van der Waals surface area contributed by atoms with Crippen LogP contribution in [-0.4, -0.2) is 28.5 Å². The van der Waals surface area contributed by atoms with Crippen LogP contribution in [0.2, 0.25) is 0 Å². The third-order valence-electron chi connectivity index (χ3n) is 3.18. The van der Waals surface area contributed by atoms with Crippen molar-refractivity contribution in [2.75, 3.05) is 18.4 Å². The number of pyridine rings is 1. The molecule has 0 bridgehead atoms. The highest BCUT2D eigenvalue weighted by Crippen LogP contribution is 2.14. The molecule has 0 atom stereocenters. The summed E-state index contributed by atoms with van der Waals surface area (Å²) >= 11 is 0. The van der Waals surface area contributed by atoms with Gasteiger partial charge in [-0.05, 0) is 18.2 Å². The van der Waals surface area contributed by atoms with Gasteiger partial charge in [0.1, 0.15) is 0 Å². The summed E-state index contributed by atoms with van der Waals surface area (Å²) in [5, 5.41) is 16.3. The third kappa shape index (κ3) is 4.40. The molecule has 0 spiro atoms. The number of amides is 1. The van der Waals surface area contributed by atoms with Gasteiger partial charge in [-0.1, -0.05) is 0 Å². The Bertz CT molecular complexity index is 768. The Morgan fingerprint density at radius 2 is 1.91 bits per heavy atom. The quantitative estimate of drug-likeness (QED) is 0.472. The highest BCUT2D eigenvalue weighted by Gasteiger charge is 2.06. The van der Waals surface area contributed by atoms with E-state index in [2.05, 4.69) is 10.6 Å². The molecule has 0 saturated heterocycles. The normalized spacial score (nSPS) is 10.1. The van der Waals surface area contributed by atoms with Crippen LogP contribution in [0.4, 0.5) is 11.4 Å². The lowest BCUT2D eigenvalue weighted by Gasteiger charge is -2.08. The average Bonchev–Trinajstić information content (AvgIpc) is 2.54. The summed E-state index contributed by atoms with van der Waals surface area (Å²) in [5.74, 6) is -0.326. The number of nitrogens with one attached hydrogen (secondary N) is 2. The zero-order chi connectivity index (χ0) is 16.8. The van der Waals surface area contributed by atoms with Crippen molar-refractivity contribution in [1.82, 2.24) is 9.88 Å². The smallest absolute Gasteiger partial charge is 0.269 e. The van der Waals surface area contributed by atoms with Gasteiger partial charge in [-0.25, -0.2) is 0 Å². The number of rotatable bonds is 6. The number of non-ortho nitro benzene ring substituents is 1. The topological polar surface area (TPSA) is 106 Å². The fourth-order valence-electron chi connectivity index (χ4n) is 1.88. The van der Waals surface area contributed by atoms with E-state index < -0.39 is 4.92 Å². The molecule has 0 radical (unpaired) electrons. The van der Waals surface area contributed by atoms with E-state index in [1.54, 1.807) is 25.2 Å². The first-order chi connectivity index (χ1) is 11.0. The molecule has 2 N–H and O–H groups in total. The Hall–Kier alpha value is -3.16. The van der Waals surface area contributed by atoms with Gasteiger partial charge in [-0.15, -0.1) is 0 Å². The first-order valence-corrected chi connectivity index (χ1v) is 6.90. The van der Waals surface area contributed by atoms with Crippen LogP contribution in [-0.2, 0) is 7.05 Å². The number of hydrogen-bond acceptors (Lipinski definition) is 5. The minimum absolute atomic E-state index is 0.0227. The largest absolute Gasteiger partial charge is 0.383 e. The van der Waals surface area contributed by atoms with Gasteiger partial charge < -0.3 is 15.2 Å². The van der Waals surface area contributed by atoms with Crippen molar-refractivity contribution in [2.24, 2.45) is 7.05 Å². The fourth-order valence-corrected chi connectivity index (χ4v) is 1.88. The molecule has 2 rings (SSSR count). The minimum atomic E-state index is -0.464. The lowest BCUT2D eigenvalue weighted by atomic mass is 10.2. The molecule has 0 aliphatic heterocycles. The van der Waals surface area contributed by atoms with Crippen molar-refractivity contribution in [1.29, 1.82) is 0 Å². The number of hydrogen-bond donors (Lipinski definition) is 2. The van der Waals surface area contributed by atoms with Gasteiger partial charge in [0, 0.05) is 55.8 Å². The molecule has 8 heteroatoms. The number of nitro benzene ring substituents is 1. The molecule has 8 nitrogen and oxygen atoms in total. The molecule has 23 heavy (non-hydrogen) atoms. The molecule has 1 amide bonds. The Morgan fingerprint density at radius 1 is 1.22 bits per heavy atom. The van der Waals surface area contributed by atoms with Gasteiger partial charge in [-0.3, -0.25) is 19.7 Å². The van der Waals surface area contributed by atoms with Crippen molar-refractivity contribution < 1.29 is 9.72 Å². The lowest BCUT2D eigenvalue weighted by molar-refractivity contribution is -0.384. The summed E-state index contributed by atoms with van der Waals surface area (Å²) in [5.41, 5.74) is 0.804. The molecule has 0 unspecified atom stereocenters. The number of nitro groups is 1. The number of aromatic nitrogens is 1. The average molecular weight is 316 g/mol. The van der Waals surface area contributed by atoms with E-state index in [-0.39, 0.29) is 17.2 Å². The molecule has 0 saturated carbocycles. The van der Waals surface area contributed by atoms with Gasteiger partial charge in [0.25, 0.3) is 17.2 Å². The van der Waals surface area contributed by atoms with Crippen LogP contribution in [0.3, 0.4) is 0 Å². The predicted molar refractivity (Wildman–Crippen MR) is 85.6 cm³/mol. The second-order valence-corrected chi connectivity index (χ2v) is 4.85. The highest BCUT2D eigenvalue weighted by atomic mass is 16.6. The van der Waals surface area contributed by atoms with E-state index in [9.17, 15) is 19.7 Å². The molecule has 2 aromatic rings. The summed E-state index contributed by atoms with van der Waals surface area (Å²) in [6.45, 7) is 0.805. The maximum absolute atomic E-state index is 11.9. The first-order valence-electron chi connectivity index (χ1n) is 6.90. The SMILES string of the molecule is Cn1ccc(C(=O)NCCNc2ccc([N+](=O)[O-])cc2)cc1=O. The zero-order valence-corrected chi connectivity index (χ0v) is 12.5. The van der Waals surface area contributed by atoms with E-state index in [0.29, 0.717) is 18.7 Å². The second kappa shape index (κ2) is 7.21. The molecule has 1 aromatic carbocycles. The summed E-state index contributed by atoms with van der Waals surface area (Å²) < 4.78 is 1.38. The Balaban J connectivity index is 1.80. The van der Waals surface area contributed by atoms with E-state index in [0.717, 1.165) is 5.69 Å². The van der Waals surface area contributed by atoms with Crippen LogP contribution in [0, 0.1) is 10.1 Å². The van der Waals surface area contributed by atoms with Crippen LogP contribution < -0.4 is 16.2 Å². The maximum Gasteiger partial charge on any atom is 0.269 e. The summed E-state index contributed by atoms with van der Waals surface area (Å²) in [6.07, 6.45) is 1.53. The predicted octanol–water partition coefficient (Wildman–Crippen LogP) is 1.14. The van der Waals surface area contributed by atoms with E-state index in [1.165, 1.54) is 29.0 Å². The van der Waals surface area contributed by atoms with Gasteiger partial charge in [0.2, 0.25) is 0 Å². The van der Waals surface area contributed by atoms with E-state index in [1.807, 2.05) is 0 Å². The Labute approximate surface area is 131 Å². The molecule has 0 fully saturated rings. The molecule has 0 aliphatic carbocycles. The zero-order valence-electron chi connectivity index (χ0n) is 12.5. The molecular formula is C15H16N4O4. The van der Waals surface area contributed by atoms with Crippen LogP contribution >= 0.6 is 0 Å². The monoisotopic (exact) mass is 316 g/mol. The van der Waals surface area contributed by atoms with Gasteiger partial charge in [0.15, 0.2) is 0 Å². The van der Waals surface area contributed by atoms with Gasteiger partial charge in [-0.2, -0.15) is 0 Å². The number of nitrogens with zero attached hydrogens (tertiary/aromatic N) is 2. The summed E-state index contributed by atoms with van der Waals surface area (Å²) in [4.78, 5) is 33.4. The number of carbonyl (C=O) groups is 1. The standard InChI is InChI=1S/C15H16N4O4/c1-18-9-6-11(10-14(18)20)15(21)17-8-7-16-12-2-4-13(5-3-12)19(22)23/h2-6,9-10,16H,7-8H2,1H3,(H,17,21). The van der Waals surface area contributed by atoms with Gasteiger partial charge in [0.05, 0.1) is 4.92 Å². The number of carbonyl (C=O) groups excluding carboxylic acids is 1. The van der Waals surface area contributed by atoms with Crippen molar-refractivity contribution >= 4 is 17.3 Å². The van der Waals surface area contributed by atoms with Crippen LogP contribution in [0.5, 0.6) is 0 Å². The van der Waals surface area contributed by atoms with E-state index >= 15 is 0 Å². The Kier molecular flexibility index (Phi) is 5.08. The van der Waals surface area contributed by atoms with E-state index in [4.69, 9.17) is 0 Å². The molecule has 1 heterocycles. The van der Waals surface area contributed by atoms with Crippen molar-refractivity contribution in [2.45, 2.75) is 0 Å². The summed E-state index contributed by atoms with van der Waals surface area (Å²) in [6, 6.07) is 8.85. The molecular weight excluding hydrogens is 300 g/mol. The third-order valence-corrected chi connectivity index (χ3v) is 3.18. The van der Waals surface area contributed by atoms with Crippen molar-refractivity contribution in [3.8, 4) is 0 Å². The number of aryl methyl sites for hydroxylation is 1. The first kappa shape index (κ1) is 16.2. The van der Waals surface area contributed by atoms with Crippen LogP contribution in [0.25, 0.3) is 0 Å². The minimum Gasteiger partial charge on any atom is -0.383 e. The van der Waals surface area contributed by atoms with Crippen LogP contribution in [0.15, 0.2) is 47.4 Å². The van der Waals surface area contributed by atoms with Gasteiger partial charge >= 0.3 is 0 Å². The number of benzene rings is 1. The lowest BCUT2D eigenvalue weighted by Crippen LogP contribution is -2.30. The molecule has 1 aromatic heterocycles. The maximum atomic E-state index is 11.9. The van der Waals surface area contributed by atoms with Crippen molar-refractivity contribution in [3.05, 3.63) is 68.6 Å². The highest BCUT2D eigenvalue weighted by molar-refractivity contribution is 5.93. The molecule has 120 valence electrons. The second-order valence-electron chi connectivity index (χ2n) is 4.85. The molecule has 0 aliphatic rings. The Morgan fingerprint density at radius 3 is 2.52 bits per heavy atom. The summed E-state index contributed by atoms with van der Waals surface area (Å²) in [7, 11) is 1.61. The number of anilines is 1. The van der Waals surface area contributed by atoms with Crippen LogP contribution in [0.1, 0.15) is 10.4 Å². The fraction of sp³-hybridized carbons (Fsp3) is 0.200.